The van der Waals surface area contributed by atoms with Gasteiger partial charge in [0.15, 0.2) is 0 Å². The van der Waals surface area contributed by atoms with Crippen molar-refractivity contribution in [1.82, 2.24) is 14.8 Å². The number of likely N-dealkylation sites (N-methyl/N-ethyl adjacent to an activating group) is 1. The van der Waals surface area contributed by atoms with Crippen molar-refractivity contribution in [2.24, 2.45) is 11.8 Å². The maximum atomic E-state index is 13.6. The molecule has 3 heterocycles. The highest BCUT2D eigenvalue weighted by Crippen LogP contribution is 2.28. The van der Waals surface area contributed by atoms with E-state index in [0.717, 1.165) is 18.1 Å². The molecule has 9 nitrogen and oxygen atoms in total. The van der Waals surface area contributed by atoms with Crippen molar-refractivity contribution in [1.29, 1.82) is 0 Å². The van der Waals surface area contributed by atoms with Gasteiger partial charge in [0, 0.05) is 69.7 Å². The van der Waals surface area contributed by atoms with Gasteiger partial charge in [-0.3, -0.25) is 14.5 Å². The Kier molecular flexibility index (Phi) is 9.53. The van der Waals surface area contributed by atoms with Crippen molar-refractivity contribution in [3.05, 3.63) is 40.3 Å². The Hall–Kier alpha value is -2.53. The summed E-state index contributed by atoms with van der Waals surface area (Å²) in [6.07, 6.45) is 3.09. The third-order valence-corrected chi connectivity index (χ3v) is 8.02. The number of rotatable bonds is 5. The molecule has 2 amide bonds. The van der Waals surface area contributed by atoms with Gasteiger partial charge in [0.05, 0.1) is 18.2 Å². The summed E-state index contributed by atoms with van der Waals surface area (Å²) in [5.41, 5.74) is 1.01. The summed E-state index contributed by atoms with van der Waals surface area (Å²) in [5, 5.41) is 6.03. The molecule has 202 valence electrons. The molecule has 0 radical (unpaired) electrons. The number of fused-ring (bicyclic) bond motifs is 1. The van der Waals surface area contributed by atoms with Crippen LogP contribution in [0.5, 0.6) is 5.75 Å². The average molecular weight is 531 g/mol. The SMILES string of the molecule is CO[C@H]1CN(C)C(=O)c2cc(NC(=O)C3CCOCC3)ccc2OC[C@@H](C)N(Cc2nccs2)C[C@H]1C. The average Bonchev–Trinajstić information content (AvgIpc) is 3.42. The van der Waals surface area contributed by atoms with Gasteiger partial charge in [0.1, 0.15) is 17.4 Å². The number of benzene rings is 1. The normalized spacial score (nSPS) is 24.5. The second-order valence-electron chi connectivity index (χ2n) is 10.0. The van der Waals surface area contributed by atoms with Crippen molar-refractivity contribution in [3.63, 3.8) is 0 Å². The number of amides is 2. The maximum Gasteiger partial charge on any atom is 0.257 e. The van der Waals surface area contributed by atoms with Gasteiger partial charge in [0.25, 0.3) is 5.91 Å². The molecule has 1 saturated heterocycles. The highest BCUT2D eigenvalue weighted by atomic mass is 32.1. The molecule has 4 rings (SSSR count). The van der Waals surface area contributed by atoms with Crippen LogP contribution >= 0.6 is 11.3 Å². The lowest BCUT2D eigenvalue weighted by atomic mass is 9.99. The predicted octanol–water partition coefficient (Wildman–Crippen LogP) is 3.51. The molecule has 2 aliphatic heterocycles. The summed E-state index contributed by atoms with van der Waals surface area (Å²) >= 11 is 1.64. The number of thiazole rings is 1. The quantitative estimate of drug-likeness (QED) is 0.632. The Balaban J connectivity index is 1.59. The minimum absolute atomic E-state index is 0.0437. The fourth-order valence-electron chi connectivity index (χ4n) is 4.86. The van der Waals surface area contributed by atoms with E-state index in [4.69, 9.17) is 14.2 Å². The van der Waals surface area contributed by atoms with Crippen molar-refractivity contribution in [2.45, 2.75) is 45.4 Å². The standard InChI is InChI=1S/C27H38N4O5S/c1-18-14-31(16-25-28-9-12-37-25)19(2)17-36-23-6-5-21(29-26(32)20-7-10-35-11-8-20)13-22(23)27(33)30(3)15-24(18)34-4/h5-6,9,12-13,18-20,24H,7-8,10-11,14-17H2,1-4H3,(H,29,32)/t18-,19-,24+/m1/s1. The monoisotopic (exact) mass is 530 g/mol. The molecule has 0 spiro atoms. The van der Waals surface area contributed by atoms with Crippen molar-refractivity contribution < 1.29 is 23.8 Å². The van der Waals surface area contributed by atoms with Crippen LogP contribution in [0.1, 0.15) is 42.1 Å². The number of nitrogens with one attached hydrogen (secondary N) is 1. The molecule has 1 aromatic carbocycles. The fraction of sp³-hybridized carbons (Fsp3) is 0.593. The number of hydrogen-bond acceptors (Lipinski definition) is 8. The van der Waals surface area contributed by atoms with E-state index in [1.165, 1.54) is 0 Å². The van der Waals surface area contributed by atoms with Crippen LogP contribution in [0.15, 0.2) is 29.8 Å². The second-order valence-corrected chi connectivity index (χ2v) is 11.0. The summed E-state index contributed by atoms with van der Waals surface area (Å²) in [7, 11) is 3.47. The highest BCUT2D eigenvalue weighted by Gasteiger charge is 2.29. The Morgan fingerprint density at radius 2 is 2.03 bits per heavy atom. The number of aromatic nitrogens is 1. The zero-order chi connectivity index (χ0) is 26.4. The van der Waals surface area contributed by atoms with Gasteiger partial charge in [-0.05, 0) is 43.9 Å². The van der Waals surface area contributed by atoms with E-state index < -0.39 is 0 Å². The Morgan fingerprint density at radius 3 is 2.73 bits per heavy atom. The topological polar surface area (TPSA) is 93.2 Å². The number of methoxy groups -OCH3 is 1. The van der Waals surface area contributed by atoms with E-state index in [-0.39, 0.29) is 35.8 Å². The van der Waals surface area contributed by atoms with E-state index in [1.54, 1.807) is 48.6 Å². The molecule has 1 fully saturated rings. The molecule has 10 heteroatoms. The van der Waals surface area contributed by atoms with Gasteiger partial charge >= 0.3 is 0 Å². The molecular weight excluding hydrogens is 492 g/mol. The third-order valence-electron chi connectivity index (χ3n) is 7.26. The summed E-state index contributed by atoms with van der Waals surface area (Å²) < 4.78 is 17.5. The Labute approximate surface area is 223 Å². The molecule has 3 atom stereocenters. The minimum Gasteiger partial charge on any atom is -0.491 e. The maximum absolute atomic E-state index is 13.6. The lowest BCUT2D eigenvalue weighted by Crippen LogP contribution is -2.46. The van der Waals surface area contributed by atoms with E-state index >= 15 is 0 Å². The number of nitrogens with zero attached hydrogens (tertiary/aromatic N) is 3. The molecule has 2 aliphatic rings. The summed E-state index contributed by atoms with van der Waals surface area (Å²) in [5.74, 6) is 0.381. The zero-order valence-electron chi connectivity index (χ0n) is 22.1. The molecule has 1 N–H and O–H groups in total. The second kappa shape index (κ2) is 12.8. The van der Waals surface area contributed by atoms with E-state index in [0.29, 0.717) is 56.2 Å². The van der Waals surface area contributed by atoms with Gasteiger partial charge < -0.3 is 24.4 Å². The number of ether oxygens (including phenoxy) is 3. The number of carbonyl (C=O) groups excluding carboxylic acids is 2. The van der Waals surface area contributed by atoms with Gasteiger partial charge in [-0.2, -0.15) is 0 Å². The third kappa shape index (κ3) is 7.07. The molecule has 37 heavy (non-hydrogen) atoms. The Morgan fingerprint density at radius 1 is 1.24 bits per heavy atom. The van der Waals surface area contributed by atoms with Crippen LogP contribution in [0.3, 0.4) is 0 Å². The van der Waals surface area contributed by atoms with Crippen molar-refractivity contribution in [2.75, 3.05) is 52.4 Å². The van der Waals surface area contributed by atoms with Gasteiger partial charge in [-0.15, -0.1) is 11.3 Å². The molecule has 1 aromatic heterocycles. The van der Waals surface area contributed by atoms with Crippen LogP contribution in [0.2, 0.25) is 0 Å². The molecule has 0 bridgehead atoms. The number of anilines is 1. The van der Waals surface area contributed by atoms with E-state index in [2.05, 4.69) is 29.0 Å². The van der Waals surface area contributed by atoms with Gasteiger partial charge in [0.2, 0.25) is 5.91 Å². The first-order valence-corrected chi connectivity index (χ1v) is 13.8. The number of hydrogen-bond donors (Lipinski definition) is 1. The van der Waals surface area contributed by atoms with Gasteiger partial charge in [-0.1, -0.05) is 6.92 Å². The Bertz CT molecular complexity index is 1040. The van der Waals surface area contributed by atoms with E-state index in [9.17, 15) is 9.59 Å². The van der Waals surface area contributed by atoms with Crippen LogP contribution in [-0.4, -0.2) is 85.8 Å². The first-order valence-electron chi connectivity index (χ1n) is 12.9. The summed E-state index contributed by atoms with van der Waals surface area (Å²) in [6.45, 7) is 7.83. The van der Waals surface area contributed by atoms with Crippen LogP contribution in [0, 0.1) is 11.8 Å². The molecule has 0 saturated carbocycles. The van der Waals surface area contributed by atoms with Crippen molar-refractivity contribution in [3.8, 4) is 5.75 Å². The van der Waals surface area contributed by atoms with Crippen LogP contribution in [-0.2, 0) is 20.8 Å². The smallest absolute Gasteiger partial charge is 0.257 e. The van der Waals surface area contributed by atoms with Crippen LogP contribution in [0.4, 0.5) is 5.69 Å². The van der Waals surface area contributed by atoms with Crippen LogP contribution < -0.4 is 10.1 Å². The molecule has 0 aliphatic carbocycles. The minimum atomic E-state index is -0.167. The highest BCUT2D eigenvalue weighted by molar-refractivity contribution is 7.09. The number of carbonyl (C=O) groups is 2. The first kappa shape index (κ1) is 27.5. The summed E-state index contributed by atoms with van der Waals surface area (Å²) in [4.78, 5) is 34.9. The van der Waals surface area contributed by atoms with Gasteiger partial charge in [-0.25, -0.2) is 4.98 Å². The lowest BCUT2D eigenvalue weighted by Gasteiger charge is -2.35. The van der Waals surface area contributed by atoms with Crippen molar-refractivity contribution >= 4 is 28.8 Å². The summed E-state index contributed by atoms with van der Waals surface area (Å²) in [6, 6.07) is 5.38. The first-order chi connectivity index (χ1) is 17.9. The molecule has 2 aromatic rings. The van der Waals surface area contributed by atoms with E-state index in [1.807, 2.05) is 11.6 Å². The zero-order valence-corrected chi connectivity index (χ0v) is 23.0. The molecule has 0 unspecified atom stereocenters. The largest absolute Gasteiger partial charge is 0.491 e. The predicted molar refractivity (Wildman–Crippen MR) is 143 cm³/mol. The van der Waals surface area contributed by atoms with Crippen LogP contribution in [0.25, 0.3) is 0 Å². The lowest BCUT2D eigenvalue weighted by molar-refractivity contribution is -0.122. The fourth-order valence-corrected chi connectivity index (χ4v) is 5.50. The molecular formula is C27H38N4O5S.